The molecule has 1 aromatic heterocycles. The molecule has 0 saturated carbocycles. The van der Waals surface area contributed by atoms with Gasteiger partial charge < -0.3 is 9.80 Å². The van der Waals surface area contributed by atoms with E-state index in [0.717, 1.165) is 20.9 Å². The van der Waals surface area contributed by atoms with E-state index in [4.69, 9.17) is 16.6 Å². The van der Waals surface area contributed by atoms with Crippen LogP contribution >= 0.6 is 22.9 Å². The van der Waals surface area contributed by atoms with Gasteiger partial charge in [0, 0.05) is 26.2 Å². The number of thiazole rings is 1. The van der Waals surface area contributed by atoms with Gasteiger partial charge in [0.25, 0.3) is 0 Å². The predicted molar refractivity (Wildman–Crippen MR) is 117 cm³/mol. The summed E-state index contributed by atoms with van der Waals surface area (Å²) in [7, 11) is -3.63. The molecular weight excluding hydrogens is 430 g/mol. The van der Waals surface area contributed by atoms with Gasteiger partial charge in [0.05, 0.1) is 20.1 Å². The summed E-state index contributed by atoms with van der Waals surface area (Å²) >= 11 is 7.85. The Kier molecular flexibility index (Phi) is 5.50. The molecule has 6 nitrogen and oxygen atoms in total. The molecule has 0 radical (unpaired) electrons. The summed E-state index contributed by atoms with van der Waals surface area (Å²) in [6, 6.07) is 11.9. The highest BCUT2D eigenvalue weighted by atomic mass is 35.5. The highest BCUT2D eigenvalue weighted by molar-refractivity contribution is 7.92. The Labute approximate surface area is 178 Å². The number of fused-ring (bicyclic) bond motifs is 1. The summed E-state index contributed by atoms with van der Waals surface area (Å²) in [6.45, 7) is 4.14. The number of aromatic nitrogens is 1. The standard InChI is InChI=1S/C20H20ClN3O3S2/c1-14-7-8-16(21)19-18(14)22-20(28-19)24-11-9-23(10-12-24)17(25)13-29(26,27)15-5-3-2-4-6-15/h2-8H,9-13H2,1H3. The van der Waals surface area contributed by atoms with Crippen molar-refractivity contribution in [2.24, 2.45) is 0 Å². The molecule has 152 valence electrons. The van der Waals surface area contributed by atoms with E-state index in [2.05, 4.69) is 4.90 Å². The molecule has 1 saturated heterocycles. The quantitative estimate of drug-likeness (QED) is 0.610. The van der Waals surface area contributed by atoms with Crippen LogP contribution in [-0.4, -0.2) is 56.1 Å². The van der Waals surface area contributed by atoms with E-state index in [1.807, 2.05) is 19.1 Å². The van der Waals surface area contributed by atoms with Crippen LogP contribution in [0.2, 0.25) is 5.02 Å². The van der Waals surface area contributed by atoms with Crippen molar-refractivity contribution in [1.82, 2.24) is 9.88 Å². The zero-order chi connectivity index (χ0) is 20.6. The second-order valence-electron chi connectivity index (χ2n) is 6.98. The van der Waals surface area contributed by atoms with Gasteiger partial charge in [-0.05, 0) is 30.7 Å². The Bertz CT molecular complexity index is 1120. The van der Waals surface area contributed by atoms with Gasteiger partial charge in [0.15, 0.2) is 15.0 Å². The number of rotatable bonds is 4. The largest absolute Gasteiger partial charge is 0.345 e. The first-order valence-corrected chi connectivity index (χ1v) is 12.1. The summed E-state index contributed by atoms with van der Waals surface area (Å²) in [6.07, 6.45) is 0. The van der Waals surface area contributed by atoms with Crippen LogP contribution in [0.25, 0.3) is 10.2 Å². The Morgan fingerprint density at radius 2 is 1.79 bits per heavy atom. The van der Waals surface area contributed by atoms with Crippen molar-refractivity contribution in [3.63, 3.8) is 0 Å². The molecule has 0 aliphatic carbocycles. The Hall–Kier alpha value is -2.16. The maximum absolute atomic E-state index is 12.6. The van der Waals surface area contributed by atoms with E-state index in [1.165, 1.54) is 12.1 Å². The first-order valence-electron chi connectivity index (χ1n) is 9.21. The fraction of sp³-hybridized carbons (Fsp3) is 0.300. The Morgan fingerprint density at radius 3 is 2.45 bits per heavy atom. The van der Waals surface area contributed by atoms with Crippen LogP contribution in [0.5, 0.6) is 0 Å². The third kappa shape index (κ3) is 4.10. The van der Waals surface area contributed by atoms with Crippen LogP contribution in [0.4, 0.5) is 5.13 Å². The molecule has 4 rings (SSSR count). The normalized spacial score (nSPS) is 15.1. The van der Waals surface area contributed by atoms with Crippen molar-refractivity contribution >= 4 is 54.0 Å². The van der Waals surface area contributed by atoms with Gasteiger partial charge in [-0.1, -0.05) is 47.2 Å². The van der Waals surface area contributed by atoms with Gasteiger partial charge in [0.2, 0.25) is 5.91 Å². The number of nitrogens with zero attached hydrogens (tertiary/aromatic N) is 3. The van der Waals surface area contributed by atoms with Crippen LogP contribution in [0.1, 0.15) is 5.56 Å². The third-order valence-electron chi connectivity index (χ3n) is 5.00. The molecular formula is C20H20ClN3O3S2. The zero-order valence-corrected chi connectivity index (χ0v) is 18.2. The summed E-state index contributed by atoms with van der Waals surface area (Å²) in [5.41, 5.74) is 1.98. The second kappa shape index (κ2) is 7.93. The van der Waals surface area contributed by atoms with E-state index >= 15 is 0 Å². The molecule has 3 aromatic rings. The number of amides is 1. The second-order valence-corrected chi connectivity index (χ2v) is 10.4. The molecule has 1 amide bonds. The Morgan fingerprint density at radius 1 is 1.10 bits per heavy atom. The average molecular weight is 450 g/mol. The smallest absolute Gasteiger partial charge is 0.238 e. The summed E-state index contributed by atoms with van der Waals surface area (Å²) in [5.74, 6) is -0.871. The number of sulfone groups is 1. The van der Waals surface area contributed by atoms with Gasteiger partial charge in [-0.2, -0.15) is 0 Å². The van der Waals surface area contributed by atoms with Crippen molar-refractivity contribution in [2.45, 2.75) is 11.8 Å². The molecule has 1 fully saturated rings. The van der Waals surface area contributed by atoms with Crippen molar-refractivity contribution in [2.75, 3.05) is 36.8 Å². The van der Waals surface area contributed by atoms with Crippen LogP contribution in [0.3, 0.4) is 0 Å². The lowest BCUT2D eigenvalue weighted by molar-refractivity contribution is -0.128. The van der Waals surface area contributed by atoms with E-state index in [9.17, 15) is 13.2 Å². The maximum Gasteiger partial charge on any atom is 0.238 e. The molecule has 9 heteroatoms. The van der Waals surface area contributed by atoms with Crippen molar-refractivity contribution in [3.05, 3.63) is 53.1 Å². The Balaban J connectivity index is 1.42. The molecule has 0 bridgehead atoms. The van der Waals surface area contributed by atoms with E-state index < -0.39 is 15.6 Å². The van der Waals surface area contributed by atoms with Gasteiger partial charge >= 0.3 is 0 Å². The first kappa shape index (κ1) is 20.1. The number of aryl methyl sites for hydroxylation is 1. The van der Waals surface area contributed by atoms with E-state index in [-0.39, 0.29) is 10.8 Å². The van der Waals surface area contributed by atoms with Gasteiger partial charge in [-0.3, -0.25) is 4.79 Å². The summed E-state index contributed by atoms with van der Waals surface area (Å²) in [5, 5.41) is 1.56. The SMILES string of the molecule is Cc1ccc(Cl)c2sc(N3CCN(C(=O)CS(=O)(=O)c4ccccc4)CC3)nc12. The number of benzene rings is 2. The number of hydrogen-bond donors (Lipinski definition) is 0. The molecule has 0 spiro atoms. The number of anilines is 1. The fourth-order valence-corrected chi connectivity index (χ4v) is 5.95. The lowest BCUT2D eigenvalue weighted by Gasteiger charge is -2.34. The average Bonchev–Trinajstić information content (AvgIpc) is 3.18. The number of halogens is 1. The van der Waals surface area contributed by atoms with Gasteiger partial charge in [-0.25, -0.2) is 13.4 Å². The van der Waals surface area contributed by atoms with Crippen LogP contribution < -0.4 is 4.90 Å². The third-order valence-corrected chi connectivity index (χ3v) is 8.20. The highest BCUT2D eigenvalue weighted by Gasteiger charge is 2.27. The first-order chi connectivity index (χ1) is 13.8. The van der Waals surface area contributed by atoms with Gasteiger partial charge in [0.1, 0.15) is 5.75 Å². The van der Waals surface area contributed by atoms with Crippen LogP contribution in [0, 0.1) is 6.92 Å². The number of hydrogen-bond acceptors (Lipinski definition) is 6. The lowest BCUT2D eigenvalue weighted by atomic mass is 10.2. The highest BCUT2D eigenvalue weighted by Crippen LogP contribution is 2.35. The van der Waals surface area contributed by atoms with Crippen LogP contribution in [0.15, 0.2) is 47.4 Å². The zero-order valence-electron chi connectivity index (χ0n) is 15.8. The summed E-state index contributed by atoms with van der Waals surface area (Å²) in [4.78, 5) is 21.2. The van der Waals surface area contributed by atoms with E-state index in [1.54, 1.807) is 34.4 Å². The molecule has 0 atom stereocenters. The summed E-state index contributed by atoms with van der Waals surface area (Å²) < 4.78 is 25.9. The molecule has 29 heavy (non-hydrogen) atoms. The minimum atomic E-state index is -3.63. The molecule has 2 aromatic carbocycles. The number of piperazine rings is 1. The minimum absolute atomic E-state index is 0.175. The maximum atomic E-state index is 12.6. The number of carbonyl (C=O) groups is 1. The van der Waals surface area contributed by atoms with Gasteiger partial charge in [-0.15, -0.1) is 0 Å². The van der Waals surface area contributed by atoms with Crippen molar-refractivity contribution in [3.8, 4) is 0 Å². The van der Waals surface area contributed by atoms with Crippen molar-refractivity contribution < 1.29 is 13.2 Å². The molecule has 0 unspecified atom stereocenters. The minimum Gasteiger partial charge on any atom is -0.345 e. The topological polar surface area (TPSA) is 70.6 Å². The monoisotopic (exact) mass is 449 g/mol. The molecule has 2 heterocycles. The lowest BCUT2D eigenvalue weighted by Crippen LogP contribution is -2.50. The predicted octanol–water partition coefficient (Wildman–Crippen LogP) is 3.38. The van der Waals surface area contributed by atoms with Crippen LogP contribution in [-0.2, 0) is 14.6 Å². The molecule has 1 aliphatic rings. The van der Waals surface area contributed by atoms with E-state index in [0.29, 0.717) is 31.2 Å². The molecule has 0 N–H and O–H groups in total. The molecule has 1 aliphatic heterocycles. The number of carbonyl (C=O) groups excluding carboxylic acids is 1. The van der Waals surface area contributed by atoms with Crippen molar-refractivity contribution in [1.29, 1.82) is 0 Å². The fourth-order valence-electron chi connectivity index (χ4n) is 3.34.